The lowest BCUT2D eigenvalue weighted by atomic mass is 9.87. The average Bonchev–Trinajstić information content (AvgIpc) is 2.13. The first-order chi connectivity index (χ1) is 8.24. The van der Waals surface area contributed by atoms with Crippen LogP contribution in [0.5, 0.6) is 0 Å². The van der Waals surface area contributed by atoms with Gasteiger partial charge in [0.25, 0.3) is 0 Å². The Hall–Kier alpha value is -1.10. The summed E-state index contributed by atoms with van der Waals surface area (Å²) in [6.07, 6.45) is 1.02. The van der Waals surface area contributed by atoms with Crippen molar-refractivity contribution in [1.82, 2.24) is 10.6 Å². The van der Waals surface area contributed by atoms with Crippen LogP contribution in [0, 0.1) is 5.41 Å². The zero-order valence-electron chi connectivity index (χ0n) is 11.9. The summed E-state index contributed by atoms with van der Waals surface area (Å²) in [6.45, 7) is 9.53. The molecule has 1 atom stereocenters. The third kappa shape index (κ3) is 10.1. The van der Waals surface area contributed by atoms with E-state index < -0.39 is 5.97 Å². The van der Waals surface area contributed by atoms with Gasteiger partial charge in [0, 0.05) is 19.0 Å². The number of hydrogen-bond donors (Lipinski definition) is 3. The molecule has 0 aliphatic carbocycles. The van der Waals surface area contributed by atoms with Crippen molar-refractivity contribution in [3.05, 3.63) is 0 Å². The molecule has 5 heteroatoms. The van der Waals surface area contributed by atoms with Gasteiger partial charge in [-0.2, -0.15) is 0 Å². The molecule has 0 bridgehead atoms. The quantitative estimate of drug-likeness (QED) is 0.575. The molecule has 18 heavy (non-hydrogen) atoms. The molecule has 0 rings (SSSR count). The van der Waals surface area contributed by atoms with E-state index in [1.54, 1.807) is 0 Å². The summed E-state index contributed by atoms with van der Waals surface area (Å²) in [4.78, 5) is 22.4. The Morgan fingerprint density at radius 1 is 1.28 bits per heavy atom. The van der Waals surface area contributed by atoms with E-state index in [0.717, 1.165) is 6.54 Å². The zero-order valence-corrected chi connectivity index (χ0v) is 11.9. The van der Waals surface area contributed by atoms with Gasteiger partial charge in [0.15, 0.2) is 0 Å². The van der Waals surface area contributed by atoms with Crippen LogP contribution >= 0.6 is 0 Å². The number of aliphatic carboxylic acids is 1. The molecule has 0 spiro atoms. The summed E-state index contributed by atoms with van der Waals surface area (Å²) in [7, 11) is 0. The van der Waals surface area contributed by atoms with Gasteiger partial charge in [-0.05, 0) is 18.4 Å². The van der Waals surface area contributed by atoms with Crippen LogP contribution in [-0.4, -0.2) is 36.1 Å². The Balaban J connectivity index is 4.22. The number of carbonyl (C=O) groups is 2. The second-order valence-electron chi connectivity index (χ2n) is 5.73. The van der Waals surface area contributed by atoms with Crippen molar-refractivity contribution in [3.63, 3.8) is 0 Å². The Morgan fingerprint density at radius 3 is 2.33 bits per heavy atom. The summed E-state index contributed by atoms with van der Waals surface area (Å²) in [5, 5.41) is 14.7. The van der Waals surface area contributed by atoms with E-state index >= 15 is 0 Å². The van der Waals surface area contributed by atoms with Crippen LogP contribution in [0.25, 0.3) is 0 Å². The maximum atomic E-state index is 11.7. The molecule has 0 aliphatic heterocycles. The van der Waals surface area contributed by atoms with Crippen molar-refractivity contribution in [2.24, 2.45) is 5.41 Å². The van der Waals surface area contributed by atoms with E-state index in [1.165, 1.54) is 0 Å². The molecule has 5 nitrogen and oxygen atoms in total. The SMILES string of the molecule is CCNCCC(=O)NC(CC(=O)O)CC(C)(C)C. The van der Waals surface area contributed by atoms with Crippen molar-refractivity contribution < 1.29 is 14.7 Å². The number of amides is 1. The normalized spacial score (nSPS) is 13.1. The molecule has 106 valence electrons. The Kier molecular flexibility index (Phi) is 7.59. The van der Waals surface area contributed by atoms with Crippen LogP contribution < -0.4 is 10.6 Å². The van der Waals surface area contributed by atoms with Crippen LogP contribution in [0.2, 0.25) is 0 Å². The lowest BCUT2D eigenvalue weighted by molar-refractivity contribution is -0.137. The van der Waals surface area contributed by atoms with Gasteiger partial charge in [-0.25, -0.2) is 0 Å². The van der Waals surface area contributed by atoms with Crippen LogP contribution in [0.15, 0.2) is 0 Å². The molecule has 1 unspecified atom stereocenters. The molecule has 0 radical (unpaired) electrons. The van der Waals surface area contributed by atoms with Gasteiger partial charge in [0.05, 0.1) is 6.42 Å². The van der Waals surface area contributed by atoms with E-state index in [0.29, 0.717) is 19.4 Å². The second kappa shape index (κ2) is 8.08. The number of carbonyl (C=O) groups excluding carboxylic acids is 1. The maximum absolute atomic E-state index is 11.7. The molecule has 3 N–H and O–H groups in total. The predicted molar refractivity (Wildman–Crippen MR) is 71.4 cm³/mol. The first-order valence-electron chi connectivity index (χ1n) is 6.46. The summed E-state index contributed by atoms with van der Waals surface area (Å²) in [6, 6.07) is -0.295. The molecule has 0 aromatic rings. The van der Waals surface area contributed by atoms with E-state index in [4.69, 9.17) is 5.11 Å². The van der Waals surface area contributed by atoms with Crippen molar-refractivity contribution in [2.45, 2.75) is 53.0 Å². The van der Waals surface area contributed by atoms with Crippen molar-refractivity contribution in [3.8, 4) is 0 Å². The minimum atomic E-state index is -0.878. The topological polar surface area (TPSA) is 78.4 Å². The van der Waals surface area contributed by atoms with Gasteiger partial charge in [-0.15, -0.1) is 0 Å². The second-order valence-corrected chi connectivity index (χ2v) is 5.73. The first kappa shape index (κ1) is 16.9. The molecular formula is C13H26N2O3. The first-order valence-corrected chi connectivity index (χ1v) is 6.46. The molecule has 0 aromatic heterocycles. The van der Waals surface area contributed by atoms with E-state index in [1.807, 2.05) is 27.7 Å². The highest BCUT2D eigenvalue weighted by molar-refractivity contribution is 5.77. The highest BCUT2D eigenvalue weighted by Gasteiger charge is 2.22. The number of carboxylic acids is 1. The molecule has 1 amide bonds. The van der Waals surface area contributed by atoms with Crippen LogP contribution in [0.4, 0.5) is 0 Å². The molecule has 0 aliphatic rings. The van der Waals surface area contributed by atoms with E-state index in [2.05, 4.69) is 10.6 Å². The minimum Gasteiger partial charge on any atom is -0.481 e. The molecule has 0 saturated carbocycles. The standard InChI is InChI=1S/C13H26N2O3/c1-5-14-7-6-11(16)15-10(8-12(17)18)9-13(2,3)4/h10,14H,5-9H2,1-4H3,(H,15,16)(H,17,18). The third-order valence-electron chi connectivity index (χ3n) is 2.42. The van der Waals surface area contributed by atoms with Gasteiger partial charge < -0.3 is 15.7 Å². The van der Waals surface area contributed by atoms with Gasteiger partial charge >= 0.3 is 5.97 Å². The molecule has 0 aromatic carbocycles. The molecule has 0 fully saturated rings. The summed E-state index contributed by atoms with van der Waals surface area (Å²) in [5.41, 5.74) is -0.00490. The number of nitrogens with one attached hydrogen (secondary N) is 2. The summed E-state index contributed by atoms with van der Waals surface area (Å²) >= 11 is 0. The fourth-order valence-corrected chi connectivity index (χ4v) is 1.80. The van der Waals surface area contributed by atoms with Crippen molar-refractivity contribution >= 4 is 11.9 Å². The Labute approximate surface area is 109 Å². The van der Waals surface area contributed by atoms with Crippen molar-refractivity contribution in [1.29, 1.82) is 0 Å². The summed E-state index contributed by atoms with van der Waals surface area (Å²) < 4.78 is 0. The average molecular weight is 258 g/mol. The van der Waals surface area contributed by atoms with E-state index in [-0.39, 0.29) is 23.8 Å². The number of hydrogen-bond acceptors (Lipinski definition) is 3. The Bertz CT molecular complexity index is 272. The fraction of sp³-hybridized carbons (Fsp3) is 0.846. The molecule has 0 heterocycles. The lowest BCUT2D eigenvalue weighted by Crippen LogP contribution is -2.40. The van der Waals surface area contributed by atoms with Gasteiger partial charge in [-0.1, -0.05) is 27.7 Å². The highest BCUT2D eigenvalue weighted by Crippen LogP contribution is 2.22. The van der Waals surface area contributed by atoms with Crippen LogP contribution in [-0.2, 0) is 9.59 Å². The van der Waals surface area contributed by atoms with Gasteiger partial charge in [0.1, 0.15) is 0 Å². The highest BCUT2D eigenvalue weighted by atomic mass is 16.4. The lowest BCUT2D eigenvalue weighted by Gasteiger charge is -2.25. The Morgan fingerprint density at radius 2 is 1.89 bits per heavy atom. The van der Waals surface area contributed by atoms with E-state index in [9.17, 15) is 9.59 Å². The smallest absolute Gasteiger partial charge is 0.305 e. The molecule has 0 saturated heterocycles. The number of rotatable bonds is 8. The molecular weight excluding hydrogens is 232 g/mol. The monoisotopic (exact) mass is 258 g/mol. The zero-order chi connectivity index (χ0) is 14.2. The maximum Gasteiger partial charge on any atom is 0.305 e. The minimum absolute atomic E-state index is 0.00490. The largest absolute Gasteiger partial charge is 0.481 e. The van der Waals surface area contributed by atoms with Crippen molar-refractivity contribution in [2.75, 3.05) is 13.1 Å². The number of carboxylic acid groups (broad SMARTS) is 1. The fourth-order valence-electron chi connectivity index (χ4n) is 1.80. The van der Waals surface area contributed by atoms with Crippen LogP contribution in [0.1, 0.15) is 47.0 Å². The predicted octanol–water partition coefficient (Wildman–Crippen LogP) is 1.38. The van der Waals surface area contributed by atoms with Gasteiger partial charge in [-0.3, -0.25) is 9.59 Å². The van der Waals surface area contributed by atoms with Crippen LogP contribution in [0.3, 0.4) is 0 Å². The third-order valence-corrected chi connectivity index (χ3v) is 2.42. The summed E-state index contributed by atoms with van der Waals surface area (Å²) in [5.74, 6) is -0.970. The van der Waals surface area contributed by atoms with Gasteiger partial charge in [0.2, 0.25) is 5.91 Å².